The van der Waals surface area contributed by atoms with Crippen LogP contribution in [-0.4, -0.2) is 15.9 Å². The highest BCUT2D eigenvalue weighted by molar-refractivity contribution is 8.00. The molecule has 1 atom stereocenters. The van der Waals surface area contributed by atoms with Crippen molar-refractivity contribution >= 4 is 56.5 Å². The third-order valence-corrected chi connectivity index (χ3v) is 8.00. The number of benzene rings is 3. The van der Waals surface area contributed by atoms with Gasteiger partial charge in [0, 0.05) is 16.6 Å². The zero-order valence-corrected chi connectivity index (χ0v) is 21.3. The summed E-state index contributed by atoms with van der Waals surface area (Å²) in [7, 11) is 0. The van der Waals surface area contributed by atoms with Gasteiger partial charge in [0.1, 0.15) is 21.4 Å². The fourth-order valence-corrected chi connectivity index (χ4v) is 6.13. The van der Waals surface area contributed by atoms with Crippen molar-refractivity contribution in [3.05, 3.63) is 107 Å². The summed E-state index contributed by atoms with van der Waals surface area (Å²) in [6, 6.07) is 22.1. The van der Waals surface area contributed by atoms with Crippen LogP contribution < -0.4 is 5.32 Å². The number of alkyl halides is 3. The van der Waals surface area contributed by atoms with Gasteiger partial charge in [0.2, 0.25) is 5.91 Å². The van der Waals surface area contributed by atoms with E-state index in [1.54, 1.807) is 24.3 Å². The van der Waals surface area contributed by atoms with Crippen LogP contribution in [0, 0.1) is 0 Å². The molecule has 2 aromatic heterocycles. The van der Waals surface area contributed by atoms with Crippen LogP contribution in [0.25, 0.3) is 21.3 Å². The van der Waals surface area contributed by atoms with Crippen LogP contribution in [0.5, 0.6) is 0 Å². The number of rotatable bonds is 6. The summed E-state index contributed by atoms with van der Waals surface area (Å²) < 4.78 is 40.1. The molecular weight excluding hydrogens is 539 g/mol. The minimum Gasteiger partial charge on any atom is -0.325 e. The molecule has 0 spiro atoms. The monoisotopic (exact) mass is 555 g/mol. The van der Waals surface area contributed by atoms with Gasteiger partial charge >= 0.3 is 6.18 Å². The van der Waals surface area contributed by atoms with E-state index in [0.717, 1.165) is 33.5 Å². The van der Waals surface area contributed by atoms with Gasteiger partial charge < -0.3 is 5.32 Å². The Morgan fingerprint density at radius 3 is 2.38 bits per heavy atom. The predicted molar refractivity (Wildman–Crippen MR) is 143 cm³/mol. The quantitative estimate of drug-likeness (QED) is 0.168. The van der Waals surface area contributed by atoms with Crippen LogP contribution >= 0.6 is 34.7 Å². The molecule has 0 aliphatic heterocycles. The second kappa shape index (κ2) is 10.5. The summed E-state index contributed by atoms with van der Waals surface area (Å²) in [4.78, 5) is 23.2. The molecular formula is C27H17ClF3N3OS2. The van der Waals surface area contributed by atoms with E-state index in [1.807, 2.05) is 41.8 Å². The number of nitrogens with zero attached hydrogens (tertiary/aromatic N) is 2. The van der Waals surface area contributed by atoms with Gasteiger partial charge in [-0.15, -0.1) is 11.3 Å². The van der Waals surface area contributed by atoms with E-state index < -0.39 is 27.9 Å². The van der Waals surface area contributed by atoms with E-state index in [-0.39, 0.29) is 5.69 Å². The van der Waals surface area contributed by atoms with E-state index in [2.05, 4.69) is 15.3 Å². The average molecular weight is 556 g/mol. The molecule has 2 heterocycles. The van der Waals surface area contributed by atoms with E-state index in [9.17, 15) is 18.0 Å². The first-order valence-corrected chi connectivity index (χ1v) is 13.1. The first kappa shape index (κ1) is 25.3. The zero-order valence-electron chi connectivity index (χ0n) is 18.9. The topological polar surface area (TPSA) is 54.9 Å². The van der Waals surface area contributed by atoms with Crippen molar-refractivity contribution in [2.75, 3.05) is 5.32 Å². The predicted octanol–water partition coefficient (Wildman–Crippen LogP) is 8.50. The van der Waals surface area contributed by atoms with Crippen molar-refractivity contribution in [1.82, 2.24) is 9.97 Å². The average Bonchev–Trinajstić information content (AvgIpc) is 3.34. The number of carbonyl (C=O) groups is 1. The molecule has 0 radical (unpaired) electrons. The van der Waals surface area contributed by atoms with Crippen LogP contribution in [0.4, 0.5) is 18.9 Å². The number of fused-ring (bicyclic) bond motifs is 1. The molecule has 1 amide bonds. The van der Waals surface area contributed by atoms with Crippen molar-refractivity contribution in [2.45, 2.75) is 16.5 Å². The van der Waals surface area contributed by atoms with Gasteiger partial charge in [-0.05, 0) is 29.3 Å². The molecule has 3 aromatic carbocycles. The molecule has 1 N–H and O–H groups in total. The highest BCUT2D eigenvalue weighted by Crippen LogP contribution is 2.43. The Bertz CT molecular complexity index is 1560. The molecule has 0 fully saturated rings. The molecule has 0 saturated heterocycles. The van der Waals surface area contributed by atoms with Gasteiger partial charge in [0.05, 0.1) is 16.0 Å². The number of hydrogen-bond acceptors (Lipinski definition) is 5. The number of nitrogens with one attached hydrogen (secondary N) is 1. The van der Waals surface area contributed by atoms with E-state index in [0.29, 0.717) is 10.6 Å². The maximum atomic E-state index is 13.5. The number of anilines is 1. The van der Waals surface area contributed by atoms with Crippen LogP contribution in [0.15, 0.2) is 95.6 Å². The van der Waals surface area contributed by atoms with Crippen LogP contribution in [0.3, 0.4) is 0 Å². The standard InChI is InChI=1S/C27H17ClF3N3OS2/c28-21-12-11-18(13-20(21)27(29,30)31)34-24(35)23(17-9-5-2-6-10-17)37-26-22-19(16-7-3-1-4-8-16)14-36-25(22)32-15-33-26/h1-15,23H,(H,34,35)/t23-/m1/s1. The third-order valence-electron chi connectivity index (χ3n) is 5.53. The number of amides is 1. The van der Waals surface area contributed by atoms with Crippen LogP contribution in [0.2, 0.25) is 5.02 Å². The Balaban J connectivity index is 1.53. The Morgan fingerprint density at radius 1 is 0.973 bits per heavy atom. The first-order valence-electron chi connectivity index (χ1n) is 11.0. The summed E-state index contributed by atoms with van der Waals surface area (Å²) in [6.07, 6.45) is -3.20. The SMILES string of the molecule is O=C(Nc1ccc(Cl)c(C(F)(F)F)c1)[C@H](Sc1ncnc2scc(-c3ccccc3)c12)c1ccccc1. The second-order valence-corrected chi connectivity index (χ2v) is 10.3. The number of thiophene rings is 1. The molecule has 4 nitrogen and oxygen atoms in total. The van der Waals surface area contributed by atoms with Gasteiger partial charge in [-0.3, -0.25) is 4.79 Å². The molecule has 5 rings (SSSR count). The normalized spacial score (nSPS) is 12.4. The molecule has 5 aromatic rings. The Morgan fingerprint density at radius 2 is 1.68 bits per heavy atom. The number of thioether (sulfide) groups is 1. The van der Waals surface area contributed by atoms with E-state index in [1.165, 1.54) is 35.5 Å². The molecule has 0 aliphatic rings. The minimum absolute atomic E-state index is 0.00315. The summed E-state index contributed by atoms with van der Waals surface area (Å²) in [5.41, 5.74) is 1.60. The number of hydrogen-bond donors (Lipinski definition) is 1. The fourth-order valence-electron chi connectivity index (χ4n) is 3.81. The van der Waals surface area contributed by atoms with E-state index in [4.69, 9.17) is 11.6 Å². The van der Waals surface area contributed by atoms with Gasteiger partial charge in [-0.1, -0.05) is 84.0 Å². The number of halogens is 4. The minimum atomic E-state index is -4.65. The summed E-state index contributed by atoms with van der Waals surface area (Å²) >= 11 is 8.44. The van der Waals surface area contributed by atoms with Crippen molar-refractivity contribution in [1.29, 1.82) is 0 Å². The molecule has 0 unspecified atom stereocenters. The second-order valence-electron chi connectivity index (χ2n) is 7.96. The lowest BCUT2D eigenvalue weighted by Gasteiger charge is -2.18. The van der Waals surface area contributed by atoms with Gasteiger partial charge in [-0.25, -0.2) is 9.97 Å². The highest BCUT2D eigenvalue weighted by atomic mass is 35.5. The maximum absolute atomic E-state index is 13.5. The molecule has 0 aliphatic carbocycles. The lowest BCUT2D eigenvalue weighted by Crippen LogP contribution is -2.19. The van der Waals surface area contributed by atoms with Crippen molar-refractivity contribution < 1.29 is 18.0 Å². The van der Waals surface area contributed by atoms with Crippen LogP contribution in [-0.2, 0) is 11.0 Å². The summed E-state index contributed by atoms with van der Waals surface area (Å²) in [5, 5.41) is 4.82. The van der Waals surface area contributed by atoms with Crippen molar-refractivity contribution in [3.8, 4) is 11.1 Å². The summed E-state index contributed by atoms with van der Waals surface area (Å²) in [5.74, 6) is -0.491. The largest absolute Gasteiger partial charge is 0.417 e. The Kier molecular flexibility index (Phi) is 7.19. The smallest absolute Gasteiger partial charge is 0.325 e. The summed E-state index contributed by atoms with van der Waals surface area (Å²) in [6.45, 7) is 0. The highest BCUT2D eigenvalue weighted by Gasteiger charge is 2.34. The molecule has 37 heavy (non-hydrogen) atoms. The van der Waals surface area contributed by atoms with E-state index >= 15 is 0 Å². The lowest BCUT2D eigenvalue weighted by atomic mass is 10.1. The Labute approximate surface area is 223 Å². The number of carbonyl (C=O) groups excluding carboxylic acids is 1. The molecule has 186 valence electrons. The molecule has 0 saturated carbocycles. The van der Waals surface area contributed by atoms with Crippen LogP contribution in [0.1, 0.15) is 16.4 Å². The van der Waals surface area contributed by atoms with Gasteiger partial charge in [-0.2, -0.15) is 13.2 Å². The first-order chi connectivity index (χ1) is 17.8. The molecule has 0 bridgehead atoms. The Hall–Kier alpha value is -3.40. The van der Waals surface area contributed by atoms with Crippen molar-refractivity contribution in [3.63, 3.8) is 0 Å². The fraction of sp³-hybridized carbons (Fsp3) is 0.0741. The zero-order chi connectivity index (χ0) is 26.0. The third kappa shape index (κ3) is 5.49. The van der Waals surface area contributed by atoms with Gasteiger partial charge in [0.25, 0.3) is 0 Å². The number of aromatic nitrogens is 2. The lowest BCUT2D eigenvalue weighted by molar-refractivity contribution is -0.137. The maximum Gasteiger partial charge on any atom is 0.417 e. The van der Waals surface area contributed by atoms with Gasteiger partial charge in [0.15, 0.2) is 0 Å². The molecule has 10 heteroatoms. The van der Waals surface area contributed by atoms with Crippen molar-refractivity contribution in [2.24, 2.45) is 0 Å².